The molecule has 1 aliphatic rings. The Balaban J connectivity index is 2.15. The highest BCUT2D eigenvalue weighted by Gasteiger charge is 2.30. The molecule has 0 spiro atoms. The van der Waals surface area contributed by atoms with Gasteiger partial charge in [0.05, 0.1) is 12.5 Å². The van der Waals surface area contributed by atoms with E-state index >= 15 is 0 Å². The lowest BCUT2D eigenvalue weighted by atomic mass is 10.0. The molecule has 0 bridgehead atoms. The summed E-state index contributed by atoms with van der Waals surface area (Å²) in [6.45, 7) is 2.85. The molecule has 4 nitrogen and oxygen atoms in total. The molecule has 0 amide bonds. The summed E-state index contributed by atoms with van der Waals surface area (Å²) in [6.07, 6.45) is 0. The number of rotatable bonds is 3. The van der Waals surface area contributed by atoms with Crippen molar-refractivity contribution in [2.45, 2.75) is 12.8 Å². The number of hydrogen-bond donors (Lipinski definition) is 1. The molecule has 0 aromatic carbocycles. The van der Waals surface area contributed by atoms with Crippen LogP contribution in [0.5, 0.6) is 0 Å². The van der Waals surface area contributed by atoms with Gasteiger partial charge >= 0.3 is 5.97 Å². The van der Waals surface area contributed by atoms with E-state index in [1.807, 2.05) is 17.5 Å². The van der Waals surface area contributed by atoms with Crippen LogP contribution in [-0.2, 0) is 9.53 Å². The lowest BCUT2D eigenvalue weighted by molar-refractivity contribution is -0.135. The molecule has 15 heavy (non-hydrogen) atoms. The number of esters is 1. The Labute approximate surface area is 91.9 Å². The van der Waals surface area contributed by atoms with Crippen molar-refractivity contribution in [3.05, 3.63) is 22.4 Å². The number of ether oxygens (including phenoxy) is 1. The van der Waals surface area contributed by atoms with Gasteiger partial charge in [-0.2, -0.15) is 5.10 Å². The second-order valence-electron chi connectivity index (χ2n) is 3.15. The summed E-state index contributed by atoms with van der Waals surface area (Å²) in [4.78, 5) is 12.7. The fourth-order valence-corrected chi connectivity index (χ4v) is 2.35. The lowest BCUT2D eigenvalue weighted by Crippen LogP contribution is -2.22. The van der Waals surface area contributed by atoms with E-state index in [9.17, 15) is 4.79 Å². The first-order valence-corrected chi connectivity index (χ1v) is 5.72. The molecule has 1 aliphatic heterocycles. The van der Waals surface area contributed by atoms with Crippen LogP contribution in [-0.4, -0.2) is 24.8 Å². The van der Waals surface area contributed by atoms with Crippen LogP contribution in [0, 0.1) is 0 Å². The minimum atomic E-state index is -0.319. The van der Waals surface area contributed by atoms with Crippen molar-refractivity contribution in [2.24, 2.45) is 5.10 Å². The van der Waals surface area contributed by atoms with Crippen molar-refractivity contribution in [1.82, 2.24) is 5.43 Å². The first kappa shape index (κ1) is 10.2. The number of thiophene rings is 1. The molecular formula is C10H12N2O2S. The molecule has 80 valence electrons. The van der Waals surface area contributed by atoms with Crippen molar-refractivity contribution in [3.63, 3.8) is 0 Å². The molecule has 2 rings (SSSR count). The fourth-order valence-electron chi connectivity index (χ4n) is 1.51. The summed E-state index contributed by atoms with van der Waals surface area (Å²) >= 11 is 1.63. The molecule has 1 aromatic heterocycles. The molecule has 0 fully saturated rings. The van der Waals surface area contributed by atoms with Crippen molar-refractivity contribution < 1.29 is 9.53 Å². The first-order chi connectivity index (χ1) is 7.33. The minimum Gasteiger partial charge on any atom is -0.461 e. The molecule has 0 unspecified atom stereocenters. The Morgan fingerprint density at radius 3 is 3.33 bits per heavy atom. The Morgan fingerprint density at radius 2 is 2.67 bits per heavy atom. The average molecular weight is 224 g/mol. The van der Waals surface area contributed by atoms with Gasteiger partial charge in [-0.25, -0.2) is 4.79 Å². The number of carbonyl (C=O) groups excluding carboxylic acids is 1. The molecule has 0 radical (unpaired) electrons. The second-order valence-corrected chi connectivity index (χ2v) is 4.13. The molecule has 1 N–H and O–H groups in total. The van der Waals surface area contributed by atoms with Gasteiger partial charge < -0.3 is 10.2 Å². The minimum absolute atomic E-state index is 0.0454. The molecular weight excluding hydrogens is 212 g/mol. The van der Waals surface area contributed by atoms with Gasteiger partial charge in [0, 0.05) is 11.4 Å². The zero-order chi connectivity index (χ0) is 10.7. The third-order valence-corrected chi connectivity index (χ3v) is 3.18. The molecule has 0 aliphatic carbocycles. The topological polar surface area (TPSA) is 50.7 Å². The standard InChI is InChI=1S/C10H12N2O2S/c1-2-14-10(13)9-7(6-11-12-9)8-4-3-5-15-8/h3-5,7,11H,2,6H2,1H3/t7-/m0/s1. The predicted octanol–water partition coefficient (Wildman–Crippen LogP) is 1.35. The van der Waals surface area contributed by atoms with Gasteiger partial charge in [0.1, 0.15) is 0 Å². The van der Waals surface area contributed by atoms with Crippen LogP contribution in [0.25, 0.3) is 0 Å². The van der Waals surface area contributed by atoms with Crippen LogP contribution in [0.15, 0.2) is 22.6 Å². The van der Waals surface area contributed by atoms with Crippen molar-refractivity contribution >= 4 is 23.0 Å². The number of hydrogen-bond acceptors (Lipinski definition) is 5. The fraction of sp³-hybridized carbons (Fsp3) is 0.400. The molecule has 0 saturated carbocycles. The summed E-state index contributed by atoms with van der Waals surface area (Å²) < 4.78 is 4.95. The van der Waals surface area contributed by atoms with Gasteiger partial charge in [0.2, 0.25) is 0 Å². The number of nitrogens with zero attached hydrogens (tertiary/aromatic N) is 1. The molecule has 5 heteroatoms. The van der Waals surface area contributed by atoms with Gasteiger partial charge in [0.15, 0.2) is 5.71 Å². The molecule has 1 atom stereocenters. The quantitative estimate of drug-likeness (QED) is 0.788. The van der Waals surface area contributed by atoms with Gasteiger partial charge in [-0.05, 0) is 18.4 Å². The van der Waals surface area contributed by atoms with Crippen LogP contribution >= 0.6 is 11.3 Å². The average Bonchev–Trinajstić information content (AvgIpc) is 2.88. The summed E-state index contributed by atoms with van der Waals surface area (Å²) in [6, 6.07) is 3.98. The number of carbonyl (C=O) groups is 1. The van der Waals surface area contributed by atoms with Crippen LogP contribution in [0.2, 0.25) is 0 Å². The van der Waals surface area contributed by atoms with E-state index in [-0.39, 0.29) is 11.9 Å². The molecule has 0 saturated heterocycles. The zero-order valence-corrected chi connectivity index (χ0v) is 9.21. The highest BCUT2D eigenvalue weighted by molar-refractivity contribution is 7.10. The Morgan fingerprint density at radius 1 is 1.80 bits per heavy atom. The second kappa shape index (κ2) is 4.44. The SMILES string of the molecule is CCOC(=O)C1=NNC[C@H]1c1cccs1. The van der Waals surface area contributed by atoms with Gasteiger partial charge in [0.25, 0.3) is 0 Å². The van der Waals surface area contributed by atoms with Gasteiger partial charge in [-0.1, -0.05) is 6.07 Å². The normalized spacial score (nSPS) is 19.5. The summed E-state index contributed by atoms with van der Waals surface area (Å²) in [5.74, 6) is -0.273. The highest BCUT2D eigenvalue weighted by atomic mass is 32.1. The van der Waals surface area contributed by atoms with E-state index in [4.69, 9.17) is 4.74 Å². The number of nitrogens with one attached hydrogen (secondary N) is 1. The van der Waals surface area contributed by atoms with Gasteiger partial charge in [-0.15, -0.1) is 11.3 Å². The van der Waals surface area contributed by atoms with E-state index in [0.717, 1.165) is 4.88 Å². The van der Waals surface area contributed by atoms with E-state index < -0.39 is 0 Å². The summed E-state index contributed by atoms with van der Waals surface area (Å²) in [7, 11) is 0. The van der Waals surface area contributed by atoms with Crippen molar-refractivity contribution in [3.8, 4) is 0 Å². The third-order valence-electron chi connectivity index (χ3n) is 2.20. The Bertz CT molecular complexity index is 373. The summed E-state index contributed by atoms with van der Waals surface area (Å²) in [5.41, 5.74) is 3.33. The van der Waals surface area contributed by atoms with Crippen LogP contribution in [0.3, 0.4) is 0 Å². The van der Waals surface area contributed by atoms with E-state index in [2.05, 4.69) is 10.5 Å². The van der Waals surface area contributed by atoms with Crippen molar-refractivity contribution in [1.29, 1.82) is 0 Å². The highest BCUT2D eigenvalue weighted by Crippen LogP contribution is 2.25. The monoisotopic (exact) mass is 224 g/mol. The lowest BCUT2D eigenvalue weighted by Gasteiger charge is -2.08. The summed E-state index contributed by atoms with van der Waals surface area (Å²) in [5, 5.41) is 5.99. The Hall–Kier alpha value is -1.36. The molecule has 1 aromatic rings. The van der Waals surface area contributed by atoms with Gasteiger partial charge in [-0.3, -0.25) is 0 Å². The predicted molar refractivity (Wildman–Crippen MR) is 59.1 cm³/mol. The Kier molecular flexibility index (Phi) is 3.01. The largest absolute Gasteiger partial charge is 0.461 e. The van der Waals surface area contributed by atoms with Crippen LogP contribution in [0.1, 0.15) is 17.7 Å². The maximum absolute atomic E-state index is 11.6. The van der Waals surface area contributed by atoms with E-state index in [1.54, 1.807) is 18.3 Å². The maximum Gasteiger partial charge on any atom is 0.355 e. The first-order valence-electron chi connectivity index (χ1n) is 4.84. The van der Waals surface area contributed by atoms with Crippen LogP contribution < -0.4 is 5.43 Å². The molecule has 2 heterocycles. The number of hydrazone groups is 1. The smallest absolute Gasteiger partial charge is 0.355 e. The van der Waals surface area contributed by atoms with Crippen LogP contribution in [0.4, 0.5) is 0 Å². The maximum atomic E-state index is 11.6. The van der Waals surface area contributed by atoms with Crippen molar-refractivity contribution in [2.75, 3.05) is 13.2 Å². The van der Waals surface area contributed by atoms with E-state index in [1.165, 1.54) is 0 Å². The third kappa shape index (κ3) is 2.02. The zero-order valence-electron chi connectivity index (χ0n) is 8.40. The van der Waals surface area contributed by atoms with E-state index in [0.29, 0.717) is 18.9 Å².